The number of aliphatic hydroxyl groups is 1. The minimum atomic E-state index is -0.143. The molecule has 1 aliphatic heterocycles. The highest BCUT2D eigenvalue weighted by molar-refractivity contribution is 5.41. The molecular weight excluding hydrogens is 220 g/mol. The summed E-state index contributed by atoms with van der Waals surface area (Å²) in [5.74, 6) is -0.276. The zero-order valence-electron chi connectivity index (χ0n) is 9.63. The molecule has 1 heterocycles. The highest BCUT2D eigenvalue weighted by atomic mass is 16.3. The fourth-order valence-electron chi connectivity index (χ4n) is 2.17. The van der Waals surface area contributed by atoms with E-state index in [2.05, 4.69) is 10.2 Å². The third kappa shape index (κ3) is 2.69. The number of aromatic hydroxyl groups is 2. The Balaban J connectivity index is 2.18. The van der Waals surface area contributed by atoms with Gasteiger partial charge in [0.05, 0.1) is 12.6 Å². The van der Waals surface area contributed by atoms with Gasteiger partial charge in [0.1, 0.15) is 0 Å². The summed E-state index contributed by atoms with van der Waals surface area (Å²) in [4.78, 5) is 2.17. The van der Waals surface area contributed by atoms with Crippen molar-refractivity contribution in [2.24, 2.45) is 0 Å². The van der Waals surface area contributed by atoms with Gasteiger partial charge in [-0.1, -0.05) is 6.07 Å². The number of phenolic OH excluding ortho intramolecular Hbond substituents is 2. The SMILES string of the molecule is OC[C@H](c1ccc(O)c(O)c1)N1CCNCC1. The number of piperazine rings is 1. The molecule has 4 N–H and O–H groups in total. The minimum absolute atomic E-state index is 0.00418. The van der Waals surface area contributed by atoms with Crippen molar-refractivity contribution in [2.75, 3.05) is 32.8 Å². The average Bonchev–Trinajstić information content (AvgIpc) is 2.36. The Labute approximate surface area is 100 Å². The van der Waals surface area contributed by atoms with E-state index in [1.165, 1.54) is 12.1 Å². The Morgan fingerprint density at radius 3 is 2.47 bits per heavy atom. The van der Waals surface area contributed by atoms with Crippen LogP contribution < -0.4 is 5.32 Å². The molecule has 0 unspecified atom stereocenters. The van der Waals surface area contributed by atoms with E-state index in [1.807, 2.05) is 0 Å². The molecule has 0 amide bonds. The summed E-state index contributed by atoms with van der Waals surface area (Å²) in [6, 6.07) is 4.58. The standard InChI is InChI=1S/C12H18N2O3/c15-8-10(14-5-3-13-4-6-14)9-1-2-11(16)12(17)7-9/h1-2,7,10,13,15-17H,3-6,8H2/t10-/m1/s1. The molecule has 1 fully saturated rings. The molecule has 0 spiro atoms. The molecule has 1 saturated heterocycles. The van der Waals surface area contributed by atoms with Crippen LogP contribution in [0, 0.1) is 0 Å². The Morgan fingerprint density at radius 2 is 1.88 bits per heavy atom. The zero-order chi connectivity index (χ0) is 12.3. The van der Waals surface area contributed by atoms with Crippen molar-refractivity contribution in [1.29, 1.82) is 0 Å². The van der Waals surface area contributed by atoms with Crippen LogP contribution in [-0.2, 0) is 0 Å². The third-order valence-corrected chi connectivity index (χ3v) is 3.15. The molecule has 0 aliphatic carbocycles. The normalized spacial score (nSPS) is 19.1. The summed E-state index contributed by atoms with van der Waals surface area (Å²) in [7, 11) is 0. The van der Waals surface area contributed by atoms with Crippen LogP contribution in [0.4, 0.5) is 0 Å². The predicted molar refractivity (Wildman–Crippen MR) is 64.0 cm³/mol. The molecule has 1 atom stereocenters. The maximum absolute atomic E-state index is 9.49. The first-order chi connectivity index (χ1) is 8.22. The van der Waals surface area contributed by atoms with Crippen molar-refractivity contribution < 1.29 is 15.3 Å². The Hall–Kier alpha value is -1.30. The Kier molecular flexibility index (Phi) is 3.83. The molecule has 17 heavy (non-hydrogen) atoms. The molecule has 0 saturated carbocycles. The van der Waals surface area contributed by atoms with Gasteiger partial charge in [-0.15, -0.1) is 0 Å². The van der Waals surface area contributed by atoms with Gasteiger partial charge in [-0.25, -0.2) is 0 Å². The van der Waals surface area contributed by atoms with Gasteiger partial charge >= 0.3 is 0 Å². The number of phenols is 2. The lowest BCUT2D eigenvalue weighted by atomic mass is 10.0. The van der Waals surface area contributed by atoms with Crippen LogP contribution in [0.25, 0.3) is 0 Å². The largest absolute Gasteiger partial charge is 0.504 e. The van der Waals surface area contributed by atoms with Gasteiger partial charge in [-0.05, 0) is 17.7 Å². The number of aliphatic hydroxyl groups excluding tert-OH is 1. The molecule has 5 nitrogen and oxygen atoms in total. The highest BCUT2D eigenvalue weighted by Crippen LogP contribution is 2.30. The first-order valence-corrected chi connectivity index (χ1v) is 5.80. The number of rotatable bonds is 3. The number of hydrogen-bond acceptors (Lipinski definition) is 5. The Bertz CT molecular complexity index is 378. The van der Waals surface area contributed by atoms with Crippen LogP contribution >= 0.6 is 0 Å². The number of hydrogen-bond donors (Lipinski definition) is 4. The third-order valence-electron chi connectivity index (χ3n) is 3.15. The van der Waals surface area contributed by atoms with Gasteiger partial charge in [0.2, 0.25) is 0 Å². The Morgan fingerprint density at radius 1 is 1.18 bits per heavy atom. The van der Waals surface area contributed by atoms with Crippen molar-refractivity contribution in [3.8, 4) is 11.5 Å². The summed E-state index contributed by atoms with van der Waals surface area (Å²) in [5, 5.41) is 31.5. The van der Waals surface area contributed by atoms with Crippen molar-refractivity contribution in [1.82, 2.24) is 10.2 Å². The van der Waals surface area contributed by atoms with E-state index >= 15 is 0 Å². The van der Waals surface area contributed by atoms with Crippen LogP contribution in [0.15, 0.2) is 18.2 Å². The predicted octanol–water partition coefficient (Wildman–Crippen LogP) is 0.0364. The molecule has 0 radical (unpaired) electrons. The number of nitrogens with one attached hydrogen (secondary N) is 1. The molecule has 1 aromatic carbocycles. The summed E-state index contributed by atoms with van der Waals surface area (Å²) in [5.41, 5.74) is 0.824. The van der Waals surface area contributed by atoms with Gasteiger partial charge in [-0.2, -0.15) is 0 Å². The molecule has 0 aromatic heterocycles. The lowest BCUT2D eigenvalue weighted by Gasteiger charge is -2.34. The molecule has 1 aromatic rings. The van der Waals surface area contributed by atoms with E-state index in [1.54, 1.807) is 6.07 Å². The van der Waals surface area contributed by atoms with E-state index < -0.39 is 0 Å². The molecule has 5 heteroatoms. The molecule has 2 rings (SSSR count). The summed E-state index contributed by atoms with van der Waals surface area (Å²) in [6.07, 6.45) is 0. The van der Waals surface area contributed by atoms with E-state index in [0.717, 1.165) is 31.7 Å². The second-order valence-corrected chi connectivity index (χ2v) is 4.23. The highest BCUT2D eigenvalue weighted by Gasteiger charge is 2.22. The van der Waals surface area contributed by atoms with Gasteiger partial charge in [0.25, 0.3) is 0 Å². The van der Waals surface area contributed by atoms with Crippen LogP contribution in [-0.4, -0.2) is 53.0 Å². The van der Waals surface area contributed by atoms with Crippen LogP contribution in [0.1, 0.15) is 11.6 Å². The quantitative estimate of drug-likeness (QED) is 0.559. The first-order valence-electron chi connectivity index (χ1n) is 5.80. The fourth-order valence-corrected chi connectivity index (χ4v) is 2.17. The minimum Gasteiger partial charge on any atom is -0.504 e. The summed E-state index contributed by atoms with van der Waals surface area (Å²) < 4.78 is 0. The van der Waals surface area contributed by atoms with Crippen molar-refractivity contribution >= 4 is 0 Å². The summed E-state index contributed by atoms with van der Waals surface area (Å²) in [6.45, 7) is 3.55. The van der Waals surface area contributed by atoms with Crippen LogP contribution in [0.2, 0.25) is 0 Å². The number of nitrogens with zero attached hydrogens (tertiary/aromatic N) is 1. The molecular formula is C12H18N2O3. The van der Waals surface area contributed by atoms with Crippen molar-refractivity contribution in [3.05, 3.63) is 23.8 Å². The molecule has 0 bridgehead atoms. The van der Waals surface area contributed by atoms with E-state index in [0.29, 0.717) is 0 Å². The van der Waals surface area contributed by atoms with Gasteiger partial charge in [0.15, 0.2) is 11.5 Å². The zero-order valence-corrected chi connectivity index (χ0v) is 9.63. The van der Waals surface area contributed by atoms with Crippen molar-refractivity contribution in [2.45, 2.75) is 6.04 Å². The van der Waals surface area contributed by atoms with Gasteiger partial charge < -0.3 is 20.6 Å². The lowest BCUT2D eigenvalue weighted by Crippen LogP contribution is -2.46. The van der Waals surface area contributed by atoms with Gasteiger partial charge in [0, 0.05) is 26.2 Å². The second-order valence-electron chi connectivity index (χ2n) is 4.23. The van der Waals surface area contributed by atoms with E-state index in [4.69, 9.17) is 0 Å². The molecule has 94 valence electrons. The topological polar surface area (TPSA) is 76.0 Å². The summed E-state index contributed by atoms with van der Waals surface area (Å²) >= 11 is 0. The van der Waals surface area contributed by atoms with Crippen LogP contribution in [0.5, 0.6) is 11.5 Å². The van der Waals surface area contributed by atoms with Crippen LogP contribution in [0.3, 0.4) is 0 Å². The lowest BCUT2D eigenvalue weighted by molar-refractivity contribution is 0.110. The maximum Gasteiger partial charge on any atom is 0.157 e. The van der Waals surface area contributed by atoms with Gasteiger partial charge in [-0.3, -0.25) is 4.90 Å². The second kappa shape index (κ2) is 5.35. The smallest absolute Gasteiger partial charge is 0.157 e. The fraction of sp³-hybridized carbons (Fsp3) is 0.500. The average molecular weight is 238 g/mol. The van der Waals surface area contributed by atoms with Crippen molar-refractivity contribution in [3.63, 3.8) is 0 Å². The van der Waals surface area contributed by atoms with E-state index in [9.17, 15) is 15.3 Å². The first kappa shape index (κ1) is 12.2. The van der Waals surface area contributed by atoms with E-state index in [-0.39, 0.29) is 24.1 Å². The number of benzene rings is 1. The molecule has 1 aliphatic rings. The maximum atomic E-state index is 9.49. The monoisotopic (exact) mass is 238 g/mol.